The molecule has 0 saturated heterocycles. The minimum absolute atomic E-state index is 0.0537. The van der Waals surface area contributed by atoms with E-state index in [1.54, 1.807) is 23.9 Å². The lowest BCUT2D eigenvalue weighted by molar-refractivity contribution is 0.171. The summed E-state index contributed by atoms with van der Waals surface area (Å²) in [5.74, 6) is 1.50. The summed E-state index contributed by atoms with van der Waals surface area (Å²) in [7, 11) is -2.11. The fourth-order valence-corrected chi connectivity index (χ4v) is 5.21. The van der Waals surface area contributed by atoms with Gasteiger partial charge in [-0.15, -0.1) is 11.8 Å². The number of ether oxygens (including phenoxy) is 2. The zero-order valence-electron chi connectivity index (χ0n) is 19.3. The number of anilines is 2. The Kier molecular flexibility index (Phi) is 6.40. The quantitative estimate of drug-likeness (QED) is 0.363. The van der Waals surface area contributed by atoms with E-state index in [1.807, 2.05) is 36.4 Å². The molecule has 0 amide bonds. The molecule has 1 aromatic heterocycles. The number of fused-ring (bicyclic) bond motifs is 2. The molecule has 1 aliphatic heterocycles. The van der Waals surface area contributed by atoms with Crippen LogP contribution in [0.5, 0.6) is 11.5 Å². The van der Waals surface area contributed by atoms with E-state index in [9.17, 15) is 8.42 Å². The van der Waals surface area contributed by atoms with Crippen molar-refractivity contribution in [2.45, 2.75) is 16.3 Å². The number of thioether (sulfide) groups is 1. The fourth-order valence-electron chi connectivity index (χ4n) is 3.78. The van der Waals surface area contributed by atoms with E-state index in [1.165, 1.54) is 17.0 Å². The predicted octanol–water partition coefficient (Wildman–Crippen LogP) is 4.56. The van der Waals surface area contributed by atoms with Crippen LogP contribution in [0.2, 0.25) is 0 Å². The molecule has 0 radical (unpaired) electrons. The molecule has 0 saturated carbocycles. The lowest BCUT2D eigenvalue weighted by atomic mass is 10.2. The average molecular weight is 509 g/mol. The Balaban J connectivity index is 1.50. The molecule has 5 rings (SSSR count). The van der Waals surface area contributed by atoms with Crippen molar-refractivity contribution in [3.8, 4) is 11.5 Å². The van der Waals surface area contributed by atoms with Crippen molar-refractivity contribution in [3.05, 3.63) is 72.3 Å². The highest BCUT2D eigenvalue weighted by Gasteiger charge is 2.23. The van der Waals surface area contributed by atoms with Gasteiger partial charge in [0.05, 0.1) is 15.9 Å². The first kappa shape index (κ1) is 23.3. The van der Waals surface area contributed by atoms with Gasteiger partial charge < -0.3 is 14.4 Å². The molecule has 3 aromatic carbocycles. The van der Waals surface area contributed by atoms with Gasteiger partial charge in [0, 0.05) is 24.6 Å². The van der Waals surface area contributed by atoms with Gasteiger partial charge in [-0.2, -0.15) is 0 Å². The van der Waals surface area contributed by atoms with E-state index in [0.29, 0.717) is 48.1 Å². The van der Waals surface area contributed by atoms with E-state index in [0.717, 1.165) is 5.56 Å². The molecule has 4 aromatic rings. The summed E-state index contributed by atoms with van der Waals surface area (Å²) in [5.41, 5.74) is 2.34. The molecule has 180 valence electrons. The van der Waals surface area contributed by atoms with Crippen LogP contribution >= 0.6 is 11.8 Å². The number of hydrogen-bond donors (Lipinski definition) is 1. The Bertz CT molecular complexity index is 1480. The second-order valence-electron chi connectivity index (χ2n) is 8.00. The number of para-hydroxylation sites is 2. The fraction of sp³-hybridized carbons (Fsp3) is 0.200. The van der Waals surface area contributed by atoms with Crippen molar-refractivity contribution >= 4 is 44.5 Å². The van der Waals surface area contributed by atoms with E-state index in [4.69, 9.17) is 14.5 Å². The second kappa shape index (κ2) is 9.63. The first-order valence-electron chi connectivity index (χ1n) is 11.0. The first-order chi connectivity index (χ1) is 16.9. The third-order valence-electron chi connectivity index (χ3n) is 5.55. The van der Waals surface area contributed by atoms with Gasteiger partial charge in [0.2, 0.25) is 0 Å². The summed E-state index contributed by atoms with van der Waals surface area (Å²) in [5, 5.41) is 0. The molecule has 0 bridgehead atoms. The number of nitrogens with zero attached hydrogens (tertiary/aromatic N) is 3. The number of sulfonamides is 1. The van der Waals surface area contributed by atoms with E-state index in [-0.39, 0.29) is 10.7 Å². The zero-order chi connectivity index (χ0) is 24.4. The SMILES string of the molecule is CSc1ccc(CN(C)c2nc3ccccc3nc2NS(=O)(=O)c2ccc3c(c2)OCCO3)cc1. The van der Waals surface area contributed by atoms with Gasteiger partial charge in [-0.25, -0.2) is 18.4 Å². The molecule has 8 nitrogen and oxygen atoms in total. The predicted molar refractivity (Wildman–Crippen MR) is 138 cm³/mol. The average Bonchev–Trinajstić information content (AvgIpc) is 2.88. The Hall–Kier alpha value is -3.50. The highest BCUT2D eigenvalue weighted by molar-refractivity contribution is 7.98. The van der Waals surface area contributed by atoms with Crippen LogP contribution in [0.4, 0.5) is 11.6 Å². The van der Waals surface area contributed by atoms with E-state index < -0.39 is 10.0 Å². The number of aromatic nitrogens is 2. The van der Waals surface area contributed by atoms with Gasteiger partial charge in [0.15, 0.2) is 23.1 Å². The Morgan fingerprint density at radius 2 is 1.63 bits per heavy atom. The largest absolute Gasteiger partial charge is 0.486 e. The van der Waals surface area contributed by atoms with Crippen molar-refractivity contribution in [1.29, 1.82) is 0 Å². The highest BCUT2D eigenvalue weighted by Crippen LogP contribution is 2.34. The monoisotopic (exact) mass is 508 g/mol. The summed E-state index contributed by atoms with van der Waals surface area (Å²) >= 11 is 1.68. The number of hydrogen-bond acceptors (Lipinski definition) is 8. The molecule has 0 spiro atoms. The van der Waals surface area contributed by atoms with Crippen LogP contribution in [-0.4, -0.2) is 44.9 Å². The number of rotatable bonds is 7. The van der Waals surface area contributed by atoms with Crippen molar-refractivity contribution < 1.29 is 17.9 Å². The van der Waals surface area contributed by atoms with Gasteiger partial charge in [-0.1, -0.05) is 24.3 Å². The van der Waals surface area contributed by atoms with Crippen LogP contribution in [0.15, 0.2) is 76.5 Å². The molecule has 0 unspecified atom stereocenters. The molecule has 1 N–H and O–H groups in total. The molecule has 2 heterocycles. The maximum atomic E-state index is 13.3. The van der Waals surface area contributed by atoms with Crippen LogP contribution in [0.3, 0.4) is 0 Å². The van der Waals surface area contributed by atoms with Crippen LogP contribution in [0.25, 0.3) is 11.0 Å². The lowest BCUT2D eigenvalue weighted by Gasteiger charge is -2.22. The van der Waals surface area contributed by atoms with Gasteiger partial charge in [-0.3, -0.25) is 4.72 Å². The number of benzene rings is 3. The second-order valence-corrected chi connectivity index (χ2v) is 10.6. The normalized spacial score (nSPS) is 13.0. The molecule has 10 heteroatoms. The Morgan fingerprint density at radius 3 is 2.34 bits per heavy atom. The highest BCUT2D eigenvalue weighted by atomic mass is 32.2. The maximum Gasteiger partial charge on any atom is 0.263 e. The van der Waals surface area contributed by atoms with Crippen LogP contribution in [0.1, 0.15) is 5.56 Å². The van der Waals surface area contributed by atoms with Crippen molar-refractivity contribution in [3.63, 3.8) is 0 Å². The van der Waals surface area contributed by atoms with Crippen LogP contribution in [-0.2, 0) is 16.6 Å². The topological polar surface area (TPSA) is 93.7 Å². The molecule has 0 atom stereocenters. The first-order valence-corrected chi connectivity index (χ1v) is 13.7. The van der Waals surface area contributed by atoms with Crippen LogP contribution in [0, 0.1) is 0 Å². The molecule has 35 heavy (non-hydrogen) atoms. The number of nitrogens with one attached hydrogen (secondary N) is 1. The van der Waals surface area contributed by atoms with E-state index >= 15 is 0 Å². The van der Waals surface area contributed by atoms with Crippen molar-refractivity contribution in [1.82, 2.24) is 9.97 Å². The van der Waals surface area contributed by atoms with Gasteiger partial charge in [-0.05, 0) is 48.2 Å². The summed E-state index contributed by atoms with van der Waals surface area (Å²) in [6.45, 7) is 1.33. The minimum Gasteiger partial charge on any atom is -0.486 e. The third-order valence-corrected chi connectivity index (χ3v) is 7.63. The Morgan fingerprint density at radius 1 is 0.943 bits per heavy atom. The molecule has 0 aliphatic carbocycles. The summed E-state index contributed by atoms with van der Waals surface area (Å²) in [6, 6.07) is 20.1. The smallest absolute Gasteiger partial charge is 0.263 e. The van der Waals surface area contributed by atoms with E-state index in [2.05, 4.69) is 34.0 Å². The molecule has 1 aliphatic rings. The molecule has 0 fully saturated rings. The maximum absolute atomic E-state index is 13.3. The summed E-state index contributed by atoms with van der Waals surface area (Å²) in [6.07, 6.45) is 2.03. The van der Waals surface area contributed by atoms with Gasteiger partial charge >= 0.3 is 0 Å². The zero-order valence-corrected chi connectivity index (χ0v) is 20.9. The molecular weight excluding hydrogens is 484 g/mol. The molecular formula is C25H24N4O4S2. The summed E-state index contributed by atoms with van der Waals surface area (Å²) in [4.78, 5) is 12.5. The Labute approximate surface area is 208 Å². The standard InChI is InChI=1S/C25H24N4O4S2/c1-29(16-17-7-9-18(34-2)10-8-17)25-24(26-20-5-3-4-6-21(20)27-25)28-35(30,31)19-11-12-22-23(15-19)33-14-13-32-22/h3-12,15H,13-14,16H2,1-2H3,(H,26,28). The minimum atomic E-state index is -3.97. The third kappa shape index (κ3) is 4.98. The van der Waals surface area contributed by atoms with Gasteiger partial charge in [0.25, 0.3) is 10.0 Å². The van der Waals surface area contributed by atoms with Crippen molar-refractivity contribution in [2.75, 3.05) is 36.1 Å². The van der Waals surface area contributed by atoms with Crippen LogP contribution < -0.4 is 19.1 Å². The van der Waals surface area contributed by atoms with Crippen molar-refractivity contribution in [2.24, 2.45) is 0 Å². The van der Waals surface area contributed by atoms with Gasteiger partial charge in [0.1, 0.15) is 13.2 Å². The summed E-state index contributed by atoms with van der Waals surface area (Å²) < 4.78 is 40.4. The lowest BCUT2D eigenvalue weighted by Crippen LogP contribution is -2.23.